The zero-order valence-corrected chi connectivity index (χ0v) is 14.0. The summed E-state index contributed by atoms with van der Waals surface area (Å²) in [5.74, 6) is 2.04. The van der Waals surface area contributed by atoms with Gasteiger partial charge in [-0.15, -0.1) is 0 Å². The van der Waals surface area contributed by atoms with Gasteiger partial charge in [0.1, 0.15) is 18.5 Å². The van der Waals surface area contributed by atoms with Crippen molar-refractivity contribution in [3.63, 3.8) is 0 Å². The third-order valence-corrected chi connectivity index (χ3v) is 4.53. The summed E-state index contributed by atoms with van der Waals surface area (Å²) in [6, 6.07) is 13.6. The summed E-state index contributed by atoms with van der Waals surface area (Å²) in [5, 5.41) is 2.84. The van der Waals surface area contributed by atoms with Crippen molar-refractivity contribution >= 4 is 5.91 Å². The number of carbonyl (C=O) groups excluding carboxylic acids is 1. The normalized spacial score (nSPS) is 17.7. The molecule has 1 N–H and O–H groups in total. The smallest absolute Gasteiger partial charge is 0.258 e. The predicted octanol–water partition coefficient (Wildman–Crippen LogP) is 2.51. The Hall–Kier alpha value is -2.69. The number of benzene rings is 2. The number of carbonyl (C=O) groups is 1. The molecule has 1 amide bonds. The van der Waals surface area contributed by atoms with Gasteiger partial charge in [-0.25, -0.2) is 0 Å². The van der Waals surface area contributed by atoms with E-state index in [-0.39, 0.29) is 18.6 Å². The van der Waals surface area contributed by atoms with E-state index in [1.807, 2.05) is 36.4 Å². The first-order valence-corrected chi connectivity index (χ1v) is 8.68. The number of rotatable bonds is 5. The van der Waals surface area contributed by atoms with Crippen LogP contribution in [-0.4, -0.2) is 31.8 Å². The van der Waals surface area contributed by atoms with Crippen molar-refractivity contribution in [3.05, 3.63) is 53.6 Å². The van der Waals surface area contributed by atoms with Gasteiger partial charge in [0.25, 0.3) is 5.91 Å². The Kier molecular flexibility index (Phi) is 4.46. The minimum absolute atomic E-state index is 0.00293. The third-order valence-electron chi connectivity index (χ3n) is 4.53. The standard InChI is InChI=1S/C20H21NO4/c22-20(13-23-16-9-8-14-4-3-5-15(14)10-16)21-11-17-12-24-18-6-1-2-7-19(18)25-17/h1-2,6-10,17H,3-5,11-13H2,(H,21,22). The molecule has 25 heavy (non-hydrogen) atoms. The molecule has 1 unspecified atom stereocenters. The summed E-state index contributed by atoms with van der Waals surface area (Å²) < 4.78 is 17.1. The lowest BCUT2D eigenvalue weighted by Crippen LogP contribution is -2.42. The molecule has 0 saturated heterocycles. The molecule has 1 aliphatic heterocycles. The van der Waals surface area contributed by atoms with E-state index in [0.717, 1.165) is 24.3 Å². The van der Waals surface area contributed by atoms with Crippen LogP contribution in [0.25, 0.3) is 0 Å². The number of fused-ring (bicyclic) bond motifs is 2. The number of amides is 1. The number of aryl methyl sites for hydroxylation is 2. The zero-order valence-electron chi connectivity index (χ0n) is 14.0. The van der Waals surface area contributed by atoms with Crippen LogP contribution in [0, 0.1) is 0 Å². The molecule has 0 spiro atoms. The lowest BCUT2D eigenvalue weighted by molar-refractivity contribution is -0.123. The molecular formula is C20H21NO4. The number of nitrogens with one attached hydrogen (secondary N) is 1. The van der Waals surface area contributed by atoms with Crippen molar-refractivity contribution in [1.29, 1.82) is 0 Å². The monoisotopic (exact) mass is 339 g/mol. The number of para-hydroxylation sites is 2. The molecule has 2 aromatic rings. The van der Waals surface area contributed by atoms with Crippen LogP contribution in [-0.2, 0) is 17.6 Å². The predicted molar refractivity (Wildman–Crippen MR) is 93.3 cm³/mol. The quantitative estimate of drug-likeness (QED) is 0.909. The van der Waals surface area contributed by atoms with Crippen LogP contribution < -0.4 is 19.5 Å². The Bertz CT molecular complexity index is 774. The minimum Gasteiger partial charge on any atom is -0.486 e. The van der Waals surface area contributed by atoms with E-state index in [9.17, 15) is 4.79 Å². The summed E-state index contributed by atoms with van der Waals surface area (Å²) in [7, 11) is 0. The molecule has 0 saturated carbocycles. The van der Waals surface area contributed by atoms with Crippen LogP contribution in [0.2, 0.25) is 0 Å². The van der Waals surface area contributed by atoms with Gasteiger partial charge in [0, 0.05) is 0 Å². The number of hydrogen-bond donors (Lipinski definition) is 1. The molecule has 1 aliphatic carbocycles. The van der Waals surface area contributed by atoms with Crippen molar-refractivity contribution in [3.8, 4) is 17.2 Å². The lowest BCUT2D eigenvalue weighted by Gasteiger charge is -2.26. The fourth-order valence-electron chi connectivity index (χ4n) is 3.23. The molecule has 1 atom stereocenters. The van der Waals surface area contributed by atoms with Crippen molar-refractivity contribution in [1.82, 2.24) is 5.32 Å². The summed E-state index contributed by atoms with van der Waals surface area (Å²) in [6.07, 6.45) is 3.24. The Morgan fingerprint density at radius 2 is 1.96 bits per heavy atom. The van der Waals surface area contributed by atoms with E-state index in [0.29, 0.717) is 18.9 Å². The first kappa shape index (κ1) is 15.8. The molecule has 1 heterocycles. The van der Waals surface area contributed by atoms with Crippen LogP contribution in [0.1, 0.15) is 17.5 Å². The molecule has 5 nitrogen and oxygen atoms in total. The second kappa shape index (κ2) is 7.05. The fraction of sp³-hybridized carbons (Fsp3) is 0.350. The highest BCUT2D eigenvalue weighted by atomic mass is 16.6. The summed E-state index contributed by atoms with van der Waals surface area (Å²) in [5.41, 5.74) is 2.73. The van der Waals surface area contributed by atoms with Gasteiger partial charge in [0.05, 0.1) is 6.54 Å². The van der Waals surface area contributed by atoms with E-state index >= 15 is 0 Å². The molecule has 0 aromatic heterocycles. The average molecular weight is 339 g/mol. The van der Waals surface area contributed by atoms with E-state index in [1.165, 1.54) is 17.5 Å². The van der Waals surface area contributed by atoms with Gasteiger partial charge in [0.2, 0.25) is 0 Å². The van der Waals surface area contributed by atoms with Gasteiger partial charge in [-0.05, 0) is 54.7 Å². The van der Waals surface area contributed by atoms with Gasteiger partial charge < -0.3 is 19.5 Å². The molecule has 2 aromatic carbocycles. The molecule has 0 radical (unpaired) electrons. The lowest BCUT2D eigenvalue weighted by atomic mass is 10.1. The molecule has 130 valence electrons. The fourth-order valence-corrected chi connectivity index (χ4v) is 3.23. The Morgan fingerprint density at radius 3 is 2.88 bits per heavy atom. The molecule has 5 heteroatoms. The largest absolute Gasteiger partial charge is 0.486 e. The first-order chi connectivity index (χ1) is 12.3. The Balaban J connectivity index is 1.23. The van der Waals surface area contributed by atoms with Crippen molar-refractivity contribution in [2.75, 3.05) is 19.8 Å². The topological polar surface area (TPSA) is 56.8 Å². The molecule has 2 aliphatic rings. The van der Waals surface area contributed by atoms with E-state index in [2.05, 4.69) is 11.4 Å². The van der Waals surface area contributed by atoms with Gasteiger partial charge >= 0.3 is 0 Å². The summed E-state index contributed by atoms with van der Waals surface area (Å²) >= 11 is 0. The van der Waals surface area contributed by atoms with Gasteiger partial charge in [-0.2, -0.15) is 0 Å². The van der Waals surface area contributed by atoms with E-state index in [1.54, 1.807) is 0 Å². The molecule has 0 bridgehead atoms. The second-order valence-electron chi connectivity index (χ2n) is 6.37. The third kappa shape index (κ3) is 3.71. The highest BCUT2D eigenvalue weighted by Gasteiger charge is 2.21. The van der Waals surface area contributed by atoms with Crippen LogP contribution in [0.3, 0.4) is 0 Å². The van der Waals surface area contributed by atoms with Gasteiger partial charge in [-0.1, -0.05) is 18.2 Å². The summed E-state index contributed by atoms with van der Waals surface area (Å²) in [6.45, 7) is 0.812. The van der Waals surface area contributed by atoms with Crippen molar-refractivity contribution in [2.45, 2.75) is 25.4 Å². The maximum absolute atomic E-state index is 12.0. The molecule has 0 fully saturated rings. The van der Waals surface area contributed by atoms with Crippen molar-refractivity contribution < 1.29 is 19.0 Å². The molecule has 4 rings (SSSR count). The molecular weight excluding hydrogens is 318 g/mol. The number of hydrogen-bond acceptors (Lipinski definition) is 4. The summed E-state index contributed by atoms with van der Waals surface area (Å²) in [4.78, 5) is 12.0. The van der Waals surface area contributed by atoms with Crippen LogP contribution in [0.15, 0.2) is 42.5 Å². The SMILES string of the molecule is O=C(COc1ccc2c(c1)CCC2)NCC1COc2ccccc2O1. The van der Waals surface area contributed by atoms with Gasteiger partial charge in [-0.3, -0.25) is 4.79 Å². The highest BCUT2D eigenvalue weighted by Crippen LogP contribution is 2.30. The Morgan fingerprint density at radius 1 is 1.12 bits per heavy atom. The van der Waals surface area contributed by atoms with Gasteiger partial charge in [0.15, 0.2) is 18.1 Å². The maximum Gasteiger partial charge on any atom is 0.258 e. The first-order valence-electron chi connectivity index (χ1n) is 8.68. The Labute approximate surface area is 146 Å². The van der Waals surface area contributed by atoms with Crippen LogP contribution in [0.4, 0.5) is 0 Å². The maximum atomic E-state index is 12.0. The average Bonchev–Trinajstić information content (AvgIpc) is 3.12. The van der Waals surface area contributed by atoms with E-state index < -0.39 is 0 Å². The van der Waals surface area contributed by atoms with E-state index in [4.69, 9.17) is 14.2 Å². The van der Waals surface area contributed by atoms with Crippen LogP contribution in [0.5, 0.6) is 17.2 Å². The number of ether oxygens (including phenoxy) is 3. The van der Waals surface area contributed by atoms with Crippen LogP contribution >= 0.6 is 0 Å². The minimum atomic E-state index is -0.196. The highest BCUT2D eigenvalue weighted by molar-refractivity contribution is 5.77. The zero-order chi connectivity index (χ0) is 17.1. The second-order valence-corrected chi connectivity index (χ2v) is 6.37. The van der Waals surface area contributed by atoms with Crippen molar-refractivity contribution in [2.24, 2.45) is 0 Å².